The van der Waals surface area contributed by atoms with Crippen LogP contribution in [0.4, 0.5) is 8.78 Å². The SMILES string of the molecule is Cc1ccc(S(=O)(=O)N2CCC[C@H]2C(=O)OC(C)(C)C)c(O[C@@H]2CCC[C@@H]2CCNC2CCC(F)(F)CC2)c1. The monoisotopic (exact) mass is 570 g/mol. The second-order valence-corrected chi connectivity index (χ2v) is 14.3. The third-order valence-electron chi connectivity index (χ3n) is 8.10. The lowest BCUT2D eigenvalue weighted by atomic mass is 9.92. The Morgan fingerprint density at radius 2 is 1.82 bits per heavy atom. The van der Waals surface area contributed by atoms with Crippen molar-refractivity contribution in [3.05, 3.63) is 23.8 Å². The number of nitrogens with one attached hydrogen (secondary N) is 1. The van der Waals surface area contributed by atoms with Gasteiger partial charge in [0.25, 0.3) is 0 Å². The van der Waals surface area contributed by atoms with Crippen molar-refractivity contribution >= 4 is 16.0 Å². The van der Waals surface area contributed by atoms with E-state index in [-0.39, 0.29) is 42.3 Å². The third kappa shape index (κ3) is 7.70. The molecule has 39 heavy (non-hydrogen) atoms. The van der Waals surface area contributed by atoms with Crippen molar-refractivity contribution in [2.75, 3.05) is 13.1 Å². The van der Waals surface area contributed by atoms with Crippen molar-refractivity contribution in [3.63, 3.8) is 0 Å². The number of carbonyl (C=O) groups is 1. The van der Waals surface area contributed by atoms with E-state index in [1.54, 1.807) is 39.0 Å². The Hall–Kier alpha value is -1.78. The summed E-state index contributed by atoms with van der Waals surface area (Å²) in [6.07, 6.45) is 5.39. The molecule has 3 fully saturated rings. The number of halogens is 2. The second kappa shape index (κ2) is 12.0. The first-order valence-corrected chi connectivity index (χ1v) is 15.8. The van der Waals surface area contributed by atoms with Crippen LogP contribution in [0, 0.1) is 12.8 Å². The molecule has 0 radical (unpaired) electrons. The van der Waals surface area contributed by atoms with Crippen LogP contribution in [-0.4, -0.2) is 61.5 Å². The minimum atomic E-state index is -4.00. The summed E-state index contributed by atoms with van der Waals surface area (Å²) in [4.78, 5) is 12.9. The predicted octanol–water partition coefficient (Wildman–Crippen LogP) is 5.59. The topological polar surface area (TPSA) is 84.9 Å². The van der Waals surface area contributed by atoms with E-state index in [0.717, 1.165) is 37.8 Å². The van der Waals surface area contributed by atoms with Crippen LogP contribution in [0.3, 0.4) is 0 Å². The van der Waals surface area contributed by atoms with E-state index >= 15 is 0 Å². The highest BCUT2D eigenvalue weighted by Crippen LogP contribution is 2.38. The van der Waals surface area contributed by atoms with E-state index in [9.17, 15) is 22.0 Å². The fourth-order valence-electron chi connectivity index (χ4n) is 6.05. The largest absolute Gasteiger partial charge is 0.489 e. The van der Waals surface area contributed by atoms with Gasteiger partial charge in [0, 0.05) is 25.4 Å². The lowest BCUT2D eigenvalue weighted by Crippen LogP contribution is -2.43. The molecule has 0 bridgehead atoms. The van der Waals surface area contributed by atoms with E-state index in [0.29, 0.717) is 31.4 Å². The van der Waals surface area contributed by atoms with E-state index in [1.165, 1.54) is 4.31 Å². The van der Waals surface area contributed by atoms with Gasteiger partial charge in [0.1, 0.15) is 28.4 Å². The van der Waals surface area contributed by atoms with E-state index < -0.39 is 33.6 Å². The number of aryl methyl sites for hydroxylation is 1. The normalized spacial score (nSPS) is 26.6. The molecule has 1 aromatic rings. The number of carbonyl (C=O) groups excluding carboxylic acids is 1. The number of rotatable bonds is 9. The number of sulfonamides is 1. The first-order chi connectivity index (χ1) is 18.2. The summed E-state index contributed by atoms with van der Waals surface area (Å²) >= 11 is 0. The van der Waals surface area contributed by atoms with Gasteiger partial charge in [-0.2, -0.15) is 4.31 Å². The zero-order valence-electron chi connectivity index (χ0n) is 23.7. The molecular weight excluding hydrogens is 526 g/mol. The molecule has 220 valence electrons. The van der Waals surface area contributed by atoms with Gasteiger partial charge in [-0.1, -0.05) is 6.07 Å². The van der Waals surface area contributed by atoms with Crippen LogP contribution in [-0.2, 0) is 19.6 Å². The minimum Gasteiger partial charge on any atom is -0.489 e. The van der Waals surface area contributed by atoms with Gasteiger partial charge in [0.2, 0.25) is 15.9 Å². The smallest absolute Gasteiger partial charge is 0.324 e. The second-order valence-electron chi connectivity index (χ2n) is 12.5. The van der Waals surface area contributed by atoms with Crippen LogP contribution >= 0.6 is 0 Å². The molecule has 10 heteroatoms. The molecule has 1 saturated heterocycles. The molecule has 0 amide bonds. The summed E-state index contributed by atoms with van der Waals surface area (Å²) < 4.78 is 67.9. The Labute approximate surface area is 232 Å². The lowest BCUT2D eigenvalue weighted by molar-refractivity contribution is -0.158. The summed E-state index contributed by atoms with van der Waals surface area (Å²) in [6.45, 7) is 8.19. The number of hydrogen-bond acceptors (Lipinski definition) is 6. The van der Waals surface area contributed by atoms with Crippen LogP contribution in [0.25, 0.3) is 0 Å². The van der Waals surface area contributed by atoms with Gasteiger partial charge in [0.15, 0.2) is 0 Å². The maximum atomic E-state index is 13.9. The Balaban J connectivity index is 1.43. The first kappa shape index (κ1) is 30.2. The number of alkyl halides is 2. The Kier molecular flexibility index (Phi) is 9.28. The van der Waals surface area contributed by atoms with Crippen molar-refractivity contribution < 1.29 is 31.5 Å². The Bertz CT molecular complexity index is 1110. The Morgan fingerprint density at radius 3 is 2.51 bits per heavy atom. The van der Waals surface area contributed by atoms with E-state index in [1.807, 2.05) is 6.92 Å². The quantitative estimate of drug-likeness (QED) is 0.390. The number of esters is 1. The van der Waals surface area contributed by atoms with Crippen molar-refractivity contribution in [1.29, 1.82) is 0 Å². The molecule has 3 atom stereocenters. The maximum Gasteiger partial charge on any atom is 0.324 e. The molecule has 2 aliphatic carbocycles. The molecule has 2 saturated carbocycles. The predicted molar refractivity (Wildman–Crippen MR) is 146 cm³/mol. The molecule has 1 heterocycles. The molecule has 0 aromatic heterocycles. The average Bonchev–Trinajstić information content (AvgIpc) is 3.49. The van der Waals surface area contributed by atoms with Crippen molar-refractivity contribution in [1.82, 2.24) is 9.62 Å². The average molecular weight is 571 g/mol. The van der Waals surface area contributed by atoms with Gasteiger partial charge >= 0.3 is 5.97 Å². The van der Waals surface area contributed by atoms with Crippen molar-refractivity contribution in [2.45, 2.75) is 127 Å². The Morgan fingerprint density at radius 1 is 1.10 bits per heavy atom. The molecule has 0 unspecified atom stereocenters. The number of hydrogen-bond donors (Lipinski definition) is 1. The molecular formula is C29H44F2N2O5S. The molecule has 1 aliphatic heterocycles. The number of benzene rings is 1. The molecule has 0 spiro atoms. The molecule has 3 aliphatic rings. The highest BCUT2D eigenvalue weighted by molar-refractivity contribution is 7.89. The molecule has 1 aromatic carbocycles. The standard InChI is InChI=1S/C29H44F2N2O5S/c1-20-10-11-26(39(35,36)33-18-6-8-23(33)27(34)38-28(2,3)4)25(19-20)37-24-9-5-7-21(24)14-17-32-22-12-15-29(30,31)16-13-22/h10-11,19,21-24,32H,5-9,12-18H2,1-4H3/t21-,23+,24-/m1/s1. The summed E-state index contributed by atoms with van der Waals surface area (Å²) in [5.41, 5.74) is 0.182. The maximum absolute atomic E-state index is 13.9. The summed E-state index contributed by atoms with van der Waals surface area (Å²) in [5.74, 6) is -2.48. The van der Waals surface area contributed by atoms with Crippen LogP contribution in [0.15, 0.2) is 23.1 Å². The van der Waals surface area contributed by atoms with Crippen molar-refractivity contribution in [2.24, 2.45) is 5.92 Å². The first-order valence-electron chi connectivity index (χ1n) is 14.4. The zero-order chi connectivity index (χ0) is 28.4. The molecule has 7 nitrogen and oxygen atoms in total. The number of nitrogens with zero attached hydrogens (tertiary/aromatic N) is 1. The van der Waals surface area contributed by atoms with Crippen LogP contribution in [0.1, 0.15) is 90.5 Å². The van der Waals surface area contributed by atoms with Gasteiger partial charge in [0.05, 0.1) is 0 Å². The van der Waals surface area contributed by atoms with Gasteiger partial charge in [-0.15, -0.1) is 0 Å². The van der Waals surface area contributed by atoms with Gasteiger partial charge in [-0.25, -0.2) is 17.2 Å². The third-order valence-corrected chi connectivity index (χ3v) is 10.0. The van der Waals surface area contributed by atoms with Gasteiger partial charge in [-0.05, 0) is 109 Å². The van der Waals surface area contributed by atoms with Crippen LogP contribution < -0.4 is 10.1 Å². The van der Waals surface area contributed by atoms with Gasteiger partial charge in [-0.3, -0.25) is 4.79 Å². The van der Waals surface area contributed by atoms with Crippen LogP contribution in [0.2, 0.25) is 0 Å². The van der Waals surface area contributed by atoms with E-state index in [2.05, 4.69) is 5.32 Å². The molecule has 4 rings (SSSR count). The highest BCUT2D eigenvalue weighted by Gasteiger charge is 2.43. The number of ether oxygens (including phenoxy) is 2. The fourth-order valence-corrected chi connectivity index (χ4v) is 7.80. The van der Waals surface area contributed by atoms with Crippen LogP contribution in [0.5, 0.6) is 5.75 Å². The summed E-state index contributed by atoms with van der Waals surface area (Å²) in [6, 6.07) is 4.36. The minimum absolute atomic E-state index is 0.0593. The highest BCUT2D eigenvalue weighted by atomic mass is 32.2. The summed E-state index contributed by atoms with van der Waals surface area (Å²) in [5, 5.41) is 3.45. The zero-order valence-corrected chi connectivity index (χ0v) is 24.5. The molecule has 1 N–H and O–H groups in total. The van der Waals surface area contributed by atoms with E-state index in [4.69, 9.17) is 9.47 Å². The van der Waals surface area contributed by atoms with Gasteiger partial charge < -0.3 is 14.8 Å². The lowest BCUT2D eigenvalue weighted by Gasteiger charge is -2.30. The summed E-state index contributed by atoms with van der Waals surface area (Å²) in [7, 11) is -4.00. The van der Waals surface area contributed by atoms with Crippen molar-refractivity contribution in [3.8, 4) is 5.75 Å². The fraction of sp³-hybridized carbons (Fsp3) is 0.759.